The Morgan fingerprint density at radius 1 is 0.774 bits per heavy atom. The highest BCUT2D eigenvalue weighted by Gasteiger charge is 2.38. The van der Waals surface area contributed by atoms with Crippen molar-refractivity contribution in [1.29, 1.82) is 0 Å². The van der Waals surface area contributed by atoms with Crippen LogP contribution in [-0.4, -0.2) is 59.6 Å². The third-order valence-electron chi connectivity index (χ3n) is 6.22. The maximum Gasteiger partial charge on any atom is 0.114 e. The smallest absolute Gasteiger partial charge is 0.114 e. The lowest BCUT2D eigenvalue weighted by atomic mass is 10.0. The molecule has 0 bridgehead atoms. The molecule has 0 aliphatic carbocycles. The van der Waals surface area contributed by atoms with Crippen LogP contribution >= 0.6 is 0 Å². The Bertz CT molecular complexity index is 415. The van der Waals surface area contributed by atoms with E-state index in [0.717, 1.165) is 12.8 Å². The molecule has 0 spiro atoms. The fraction of sp³-hybridized carbons (Fsp3) is 0.923. The van der Waals surface area contributed by atoms with E-state index in [-0.39, 0.29) is 13.2 Å². The third kappa shape index (κ3) is 14.3. The van der Waals surface area contributed by atoms with Crippen LogP contribution in [0.25, 0.3) is 0 Å². The van der Waals surface area contributed by atoms with Crippen LogP contribution in [-0.2, 0) is 9.47 Å². The number of aliphatic hydroxyl groups excluding tert-OH is 3. The van der Waals surface area contributed by atoms with Gasteiger partial charge in [-0.15, -0.1) is 0 Å². The van der Waals surface area contributed by atoms with Crippen molar-refractivity contribution in [3.05, 3.63) is 12.2 Å². The Labute approximate surface area is 191 Å². The molecule has 1 heterocycles. The van der Waals surface area contributed by atoms with Crippen molar-refractivity contribution in [2.45, 2.75) is 134 Å². The minimum absolute atomic E-state index is 0.0985. The standard InChI is InChI=1S/C26H50O5/c1-2-3-4-5-6-7-8-9-10-11-12-13-14-15-16-17-18-19-20-30-26-23(28)22-31-24(21-27)25(26)29/h10-11,23-29H,2-9,12-22H2,1H3/b11-10+/t23-,24+,25+,26+/m1/s1. The van der Waals surface area contributed by atoms with E-state index in [4.69, 9.17) is 9.47 Å². The second-order valence-electron chi connectivity index (χ2n) is 9.09. The van der Waals surface area contributed by atoms with E-state index in [2.05, 4.69) is 19.1 Å². The van der Waals surface area contributed by atoms with Gasteiger partial charge in [0.15, 0.2) is 0 Å². The van der Waals surface area contributed by atoms with Crippen molar-refractivity contribution >= 4 is 0 Å². The van der Waals surface area contributed by atoms with Crippen molar-refractivity contribution in [2.75, 3.05) is 19.8 Å². The number of aliphatic hydroxyl groups is 3. The van der Waals surface area contributed by atoms with Crippen molar-refractivity contribution in [3.8, 4) is 0 Å². The van der Waals surface area contributed by atoms with Gasteiger partial charge in [0.2, 0.25) is 0 Å². The maximum absolute atomic E-state index is 10.1. The first kappa shape index (κ1) is 28.6. The van der Waals surface area contributed by atoms with E-state index in [1.807, 2.05) is 0 Å². The van der Waals surface area contributed by atoms with Crippen molar-refractivity contribution in [1.82, 2.24) is 0 Å². The van der Waals surface area contributed by atoms with Crippen LogP contribution in [0.1, 0.15) is 110 Å². The molecule has 0 saturated carbocycles. The van der Waals surface area contributed by atoms with E-state index in [1.54, 1.807) is 0 Å². The molecule has 0 aromatic heterocycles. The zero-order chi connectivity index (χ0) is 22.6. The van der Waals surface area contributed by atoms with Crippen LogP contribution in [0.3, 0.4) is 0 Å². The predicted octanol–water partition coefficient (Wildman–Crippen LogP) is 5.30. The summed E-state index contributed by atoms with van der Waals surface area (Å²) in [5, 5.41) is 29.2. The fourth-order valence-electron chi connectivity index (χ4n) is 4.15. The summed E-state index contributed by atoms with van der Waals surface area (Å²) in [7, 11) is 0. The quantitative estimate of drug-likeness (QED) is 0.176. The summed E-state index contributed by atoms with van der Waals surface area (Å²) in [6.07, 6.45) is 22.2. The van der Waals surface area contributed by atoms with E-state index in [1.165, 1.54) is 89.9 Å². The Balaban J connectivity index is 1.83. The maximum atomic E-state index is 10.1. The first-order valence-corrected chi connectivity index (χ1v) is 13.1. The van der Waals surface area contributed by atoms with Crippen LogP contribution in [0, 0.1) is 0 Å². The molecule has 1 fully saturated rings. The highest BCUT2D eigenvalue weighted by atomic mass is 16.6. The number of hydrogen-bond acceptors (Lipinski definition) is 5. The number of unbranched alkanes of at least 4 members (excludes halogenated alkanes) is 14. The molecule has 5 nitrogen and oxygen atoms in total. The Morgan fingerprint density at radius 2 is 1.29 bits per heavy atom. The Morgan fingerprint density at radius 3 is 1.84 bits per heavy atom. The molecule has 1 rings (SSSR count). The third-order valence-corrected chi connectivity index (χ3v) is 6.22. The number of hydrogen-bond donors (Lipinski definition) is 3. The van der Waals surface area contributed by atoms with Crippen LogP contribution < -0.4 is 0 Å². The second-order valence-corrected chi connectivity index (χ2v) is 9.09. The SMILES string of the molecule is CCCCCCCCC/C=C/CCCCCCCCCO[C@@H]1[C@@H](O)[C@H](CO)OC[C@H]1O. The molecule has 1 aliphatic rings. The minimum atomic E-state index is -0.974. The van der Waals surface area contributed by atoms with Gasteiger partial charge in [-0.3, -0.25) is 0 Å². The molecule has 0 aromatic rings. The van der Waals surface area contributed by atoms with E-state index in [9.17, 15) is 15.3 Å². The molecular formula is C26H50O5. The van der Waals surface area contributed by atoms with E-state index >= 15 is 0 Å². The van der Waals surface area contributed by atoms with Gasteiger partial charge in [-0.25, -0.2) is 0 Å². The summed E-state index contributed by atoms with van der Waals surface area (Å²) in [5.74, 6) is 0. The molecular weight excluding hydrogens is 392 g/mol. The monoisotopic (exact) mass is 442 g/mol. The molecule has 0 radical (unpaired) electrons. The average Bonchev–Trinajstić information content (AvgIpc) is 2.77. The van der Waals surface area contributed by atoms with Gasteiger partial charge in [0.1, 0.15) is 24.4 Å². The van der Waals surface area contributed by atoms with Gasteiger partial charge in [-0.2, -0.15) is 0 Å². The van der Waals surface area contributed by atoms with Gasteiger partial charge in [0.05, 0.1) is 13.2 Å². The second kappa shape index (κ2) is 20.2. The topological polar surface area (TPSA) is 79.2 Å². The molecule has 5 heteroatoms. The molecule has 184 valence electrons. The zero-order valence-corrected chi connectivity index (χ0v) is 20.1. The molecule has 4 atom stereocenters. The predicted molar refractivity (Wildman–Crippen MR) is 127 cm³/mol. The average molecular weight is 443 g/mol. The molecule has 0 amide bonds. The van der Waals surface area contributed by atoms with Crippen LogP contribution in [0.4, 0.5) is 0 Å². The highest BCUT2D eigenvalue weighted by Crippen LogP contribution is 2.19. The molecule has 0 unspecified atom stereocenters. The first-order chi connectivity index (χ1) is 15.2. The van der Waals surface area contributed by atoms with Crippen molar-refractivity contribution in [3.63, 3.8) is 0 Å². The first-order valence-electron chi connectivity index (χ1n) is 13.1. The minimum Gasteiger partial charge on any atom is -0.394 e. The Hall–Kier alpha value is -0.460. The Kier molecular flexibility index (Phi) is 18.6. The molecule has 1 aliphatic heterocycles. The molecule has 0 aromatic carbocycles. The molecule has 3 N–H and O–H groups in total. The van der Waals surface area contributed by atoms with Gasteiger partial charge in [0.25, 0.3) is 0 Å². The van der Waals surface area contributed by atoms with Gasteiger partial charge in [0, 0.05) is 6.61 Å². The normalized spacial score (nSPS) is 24.3. The van der Waals surface area contributed by atoms with Gasteiger partial charge >= 0.3 is 0 Å². The summed E-state index contributed by atoms with van der Waals surface area (Å²) in [6.45, 7) is 2.64. The van der Waals surface area contributed by atoms with Crippen molar-refractivity contribution < 1.29 is 24.8 Å². The summed E-state index contributed by atoms with van der Waals surface area (Å²) >= 11 is 0. The van der Waals surface area contributed by atoms with Crippen molar-refractivity contribution in [2.24, 2.45) is 0 Å². The van der Waals surface area contributed by atoms with E-state index in [0.29, 0.717) is 6.61 Å². The van der Waals surface area contributed by atoms with Gasteiger partial charge in [-0.05, 0) is 32.1 Å². The highest BCUT2D eigenvalue weighted by molar-refractivity contribution is 4.87. The van der Waals surface area contributed by atoms with Gasteiger partial charge < -0.3 is 24.8 Å². The summed E-state index contributed by atoms with van der Waals surface area (Å²) in [4.78, 5) is 0. The number of ether oxygens (including phenoxy) is 2. The van der Waals surface area contributed by atoms with Crippen LogP contribution in [0.5, 0.6) is 0 Å². The largest absolute Gasteiger partial charge is 0.394 e. The summed E-state index contributed by atoms with van der Waals surface area (Å²) < 4.78 is 10.9. The summed E-state index contributed by atoms with van der Waals surface area (Å²) in [6, 6.07) is 0. The fourth-order valence-corrected chi connectivity index (χ4v) is 4.15. The summed E-state index contributed by atoms with van der Waals surface area (Å²) in [5.41, 5.74) is 0. The van der Waals surface area contributed by atoms with Gasteiger partial charge in [-0.1, -0.05) is 89.7 Å². The van der Waals surface area contributed by atoms with E-state index < -0.39 is 24.4 Å². The lowest BCUT2D eigenvalue weighted by molar-refractivity contribution is -0.210. The van der Waals surface area contributed by atoms with Crippen LogP contribution in [0.15, 0.2) is 12.2 Å². The lowest BCUT2D eigenvalue weighted by Crippen LogP contribution is -2.55. The van der Waals surface area contributed by atoms with Crippen LogP contribution in [0.2, 0.25) is 0 Å². The number of allylic oxidation sites excluding steroid dienone is 2. The molecule has 31 heavy (non-hydrogen) atoms. The lowest BCUT2D eigenvalue weighted by Gasteiger charge is -2.37. The molecule has 1 saturated heterocycles. The number of rotatable bonds is 20. The zero-order valence-electron chi connectivity index (χ0n) is 20.1.